The maximum absolute atomic E-state index is 15.1. The van der Waals surface area contributed by atoms with Crippen LogP contribution < -0.4 is 15.0 Å². The summed E-state index contributed by atoms with van der Waals surface area (Å²) in [7, 11) is 4.90. The zero-order chi connectivity index (χ0) is 42.8. The van der Waals surface area contributed by atoms with Gasteiger partial charge in [-0.15, -0.1) is 0 Å². The molecule has 1 aromatic heterocycles. The van der Waals surface area contributed by atoms with Crippen molar-refractivity contribution in [1.82, 2.24) is 20.1 Å². The Kier molecular flexibility index (Phi) is 11.4. The van der Waals surface area contributed by atoms with Crippen LogP contribution in [0.5, 0.6) is 5.75 Å². The molecule has 5 heterocycles. The SMILES string of the molecule is CCC1(O)C[C@H]2CN(CCc3c([nH]c4ccccc34)[C@@](C(=O)OC)(c3cc4c(cc3OC)N(C)C3CC5N(CC=C[C@@]5(CC)[C@@H](O)[C@]3(O)C(=O)NCC(C)O)CCC4)C2)C1. The first-order valence-corrected chi connectivity index (χ1v) is 22.1. The minimum absolute atomic E-state index is 0.0666. The number of aliphatic hydroxyl groups excluding tert-OH is 2. The molecular formula is C47H65N5O8. The number of aryl methyl sites for hydroxylation is 1. The number of benzene rings is 2. The number of anilines is 1. The molecule has 0 spiro atoms. The quantitative estimate of drug-likeness (QED) is 0.145. The monoisotopic (exact) mass is 827 g/mol. The number of carbonyl (C=O) groups is 2. The van der Waals surface area contributed by atoms with Gasteiger partial charge in [-0.2, -0.15) is 0 Å². The molecule has 4 bridgehead atoms. The number of hydrogen-bond donors (Lipinski definition) is 6. The van der Waals surface area contributed by atoms with E-state index in [-0.39, 0.29) is 18.5 Å². The number of amides is 1. The lowest BCUT2D eigenvalue weighted by atomic mass is 9.57. The Balaban J connectivity index is 1.35. The van der Waals surface area contributed by atoms with Crippen LogP contribution in [0.15, 0.2) is 48.6 Å². The summed E-state index contributed by atoms with van der Waals surface area (Å²) in [5, 5.41) is 51.2. The maximum atomic E-state index is 15.1. The van der Waals surface area contributed by atoms with Crippen LogP contribution in [-0.2, 0) is 32.6 Å². The third kappa shape index (κ3) is 6.66. The Hall–Kier alpha value is -3.98. The summed E-state index contributed by atoms with van der Waals surface area (Å²) in [5.74, 6) is -0.766. The number of nitrogens with zero attached hydrogens (tertiary/aromatic N) is 3. The van der Waals surface area contributed by atoms with Crippen molar-refractivity contribution in [3.63, 3.8) is 0 Å². The number of likely N-dealkylation sites (N-methyl/N-ethyl adjacent to an activating group) is 1. The third-order valence-corrected chi connectivity index (χ3v) is 15.3. The average Bonchev–Trinajstić information content (AvgIpc) is 3.64. The second kappa shape index (κ2) is 16.0. The van der Waals surface area contributed by atoms with Crippen LogP contribution in [0.25, 0.3) is 10.9 Å². The predicted octanol–water partition coefficient (Wildman–Crippen LogP) is 3.43. The number of piperidine rings is 1. The molecule has 1 saturated heterocycles. The Morgan fingerprint density at radius 2 is 1.83 bits per heavy atom. The van der Waals surface area contributed by atoms with E-state index in [1.54, 1.807) is 14.0 Å². The molecule has 0 radical (unpaired) electrons. The van der Waals surface area contributed by atoms with Crippen molar-refractivity contribution in [3.05, 3.63) is 70.9 Å². The lowest BCUT2D eigenvalue weighted by Gasteiger charge is -2.61. The predicted molar refractivity (Wildman–Crippen MR) is 230 cm³/mol. The highest BCUT2D eigenvalue weighted by molar-refractivity contribution is 5.94. The van der Waals surface area contributed by atoms with E-state index in [9.17, 15) is 25.2 Å². The summed E-state index contributed by atoms with van der Waals surface area (Å²) in [6.07, 6.45) is 6.19. The van der Waals surface area contributed by atoms with Gasteiger partial charge in [0.05, 0.1) is 32.0 Å². The van der Waals surface area contributed by atoms with Crippen molar-refractivity contribution in [2.75, 3.05) is 65.4 Å². The molecule has 60 heavy (non-hydrogen) atoms. The van der Waals surface area contributed by atoms with Crippen molar-refractivity contribution < 1.29 is 39.5 Å². The number of rotatable bonds is 8. The zero-order valence-corrected chi connectivity index (χ0v) is 36.2. The minimum atomic E-state index is -2.26. The first kappa shape index (κ1) is 42.7. The van der Waals surface area contributed by atoms with Gasteiger partial charge >= 0.3 is 5.97 Å². The summed E-state index contributed by atoms with van der Waals surface area (Å²) in [6.45, 7) is 8.93. The molecule has 326 valence electrons. The Morgan fingerprint density at radius 3 is 2.55 bits per heavy atom. The topological polar surface area (TPSA) is 171 Å². The number of carbonyl (C=O) groups excluding carboxylic acids is 2. The number of ether oxygens (including phenoxy) is 2. The number of H-pyrrole nitrogens is 1. The maximum Gasteiger partial charge on any atom is 0.322 e. The molecule has 1 amide bonds. The molecule has 1 aliphatic carbocycles. The van der Waals surface area contributed by atoms with E-state index in [2.05, 4.69) is 32.2 Å². The van der Waals surface area contributed by atoms with Crippen LogP contribution >= 0.6 is 0 Å². The number of methoxy groups -OCH3 is 2. The van der Waals surface area contributed by atoms with Crippen molar-refractivity contribution in [3.8, 4) is 5.75 Å². The van der Waals surface area contributed by atoms with Crippen LogP contribution in [0.3, 0.4) is 0 Å². The summed E-state index contributed by atoms with van der Waals surface area (Å²) >= 11 is 0. The van der Waals surface area contributed by atoms with E-state index in [1.165, 1.54) is 7.11 Å². The number of hydrogen-bond acceptors (Lipinski definition) is 11. The standard InChI is InChI=1S/C47H65N5O8/c1-7-44(57)24-30-25-46(43(56)60-6,40-33(16-20-51(27-30)28-44)32-14-9-10-15-35(32)49-40)34-21-31-13-11-18-52-19-12-17-45(8-2)38(52)23-39(50(4)36(31)22-37(34)59-5)47(58,41(45)54)42(55)48-26-29(3)53/h9-10,12,14-15,17,21-22,29-30,38-39,41,49,53-54,57-58H,7-8,11,13,16,18-20,23-28H2,1-6H3,(H,48,55)/t29?,30-,38?,39?,41-,44?,45-,46+,47+/m1/s1. The Bertz CT molecular complexity index is 2140. The first-order chi connectivity index (χ1) is 28.7. The lowest BCUT2D eigenvalue weighted by molar-refractivity contribution is -0.195. The number of para-hydroxylation sites is 1. The van der Waals surface area contributed by atoms with E-state index in [1.807, 2.05) is 62.2 Å². The largest absolute Gasteiger partial charge is 0.496 e. The van der Waals surface area contributed by atoms with E-state index in [0.29, 0.717) is 69.3 Å². The van der Waals surface area contributed by atoms with Gasteiger partial charge in [-0.05, 0) is 94.0 Å². The van der Waals surface area contributed by atoms with E-state index >= 15 is 4.79 Å². The molecule has 10 atom stereocenters. The average molecular weight is 828 g/mol. The molecule has 3 aromatic rings. The molecule has 1 saturated carbocycles. The van der Waals surface area contributed by atoms with Gasteiger partial charge in [0.25, 0.3) is 5.91 Å². The molecule has 5 aliphatic rings. The highest BCUT2D eigenvalue weighted by Crippen LogP contribution is 2.54. The van der Waals surface area contributed by atoms with Crippen molar-refractivity contribution >= 4 is 28.5 Å². The second-order valence-corrected chi connectivity index (χ2v) is 18.6. The second-order valence-electron chi connectivity index (χ2n) is 18.6. The third-order valence-electron chi connectivity index (χ3n) is 15.3. The number of aromatic nitrogens is 1. The van der Waals surface area contributed by atoms with Gasteiger partial charge in [-0.25, -0.2) is 0 Å². The molecule has 13 heteroatoms. The number of aromatic amines is 1. The van der Waals surface area contributed by atoms with Crippen LogP contribution in [-0.4, -0.2) is 143 Å². The fraction of sp³-hybridized carbons (Fsp3) is 0.617. The van der Waals surface area contributed by atoms with Crippen molar-refractivity contribution in [2.24, 2.45) is 11.3 Å². The van der Waals surface area contributed by atoms with Crippen LogP contribution in [0, 0.1) is 11.3 Å². The molecular weight excluding hydrogens is 763 g/mol. The molecule has 13 nitrogen and oxygen atoms in total. The number of fused-ring (bicyclic) bond motifs is 7. The first-order valence-electron chi connectivity index (χ1n) is 22.1. The smallest absolute Gasteiger partial charge is 0.322 e. The van der Waals surface area contributed by atoms with Gasteiger partial charge in [0.1, 0.15) is 17.3 Å². The number of aliphatic hydroxyl groups is 4. The van der Waals surface area contributed by atoms with Gasteiger partial charge < -0.3 is 45.1 Å². The normalized spacial score (nSPS) is 34.6. The number of esters is 1. The summed E-state index contributed by atoms with van der Waals surface area (Å²) < 4.78 is 12.2. The van der Waals surface area contributed by atoms with Crippen molar-refractivity contribution in [1.29, 1.82) is 0 Å². The van der Waals surface area contributed by atoms with Crippen LogP contribution in [0.2, 0.25) is 0 Å². The van der Waals surface area contributed by atoms with Gasteiger partial charge in [-0.3, -0.25) is 19.4 Å². The van der Waals surface area contributed by atoms with Gasteiger partial charge in [0.15, 0.2) is 5.60 Å². The van der Waals surface area contributed by atoms with Gasteiger partial charge in [0, 0.05) is 85.1 Å². The molecule has 2 aromatic carbocycles. The van der Waals surface area contributed by atoms with E-state index < -0.39 is 52.2 Å². The lowest BCUT2D eigenvalue weighted by Crippen LogP contribution is -2.77. The molecule has 8 rings (SSSR count). The molecule has 2 fully saturated rings. The summed E-state index contributed by atoms with van der Waals surface area (Å²) in [6, 6.07) is 11.1. The summed E-state index contributed by atoms with van der Waals surface area (Å²) in [5.41, 5.74) is -0.385. The van der Waals surface area contributed by atoms with Gasteiger partial charge in [0.2, 0.25) is 0 Å². The van der Waals surface area contributed by atoms with E-state index in [0.717, 1.165) is 59.5 Å². The Morgan fingerprint density at radius 1 is 1.05 bits per heavy atom. The Labute approximate surface area is 353 Å². The molecule has 4 aliphatic heterocycles. The zero-order valence-electron chi connectivity index (χ0n) is 36.2. The highest BCUT2D eigenvalue weighted by Gasteiger charge is 2.66. The summed E-state index contributed by atoms with van der Waals surface area (Å²) in [4.78, 5) is 39.9. The van der Waals surface area contributed by atoms with Crippen molar-refractivity contribution in [2.45, 2.75) is 113 Å². The fourth-order valence-corrected chi connectivity index (χ4v) is 12.2. The van der Waals surface area contributed by atoms with Crippen LogP contribution in [0.4, 0.5) is 5.69 Å². The minimum Gasteiger partial charge on any atom is -0.496 e. The van der Waals surface area contributed by atoms with E-state index in [4.69, 9.17) is 9.47 Å². The highest BCUT2D eigenvalue weighted by atomic mass is 16.5. The van der Waals surface area contributed by atoms with Gasteiger partial charge in [-0.1, -0.05) is 44.2 Å². The number of nitrogens with one attached hydrogen (secondary N) is 2. The molecule has 6 N–H and O–H groups in total. The fourth-order valence-electron chi connectivity index (χ4n) is 12.2. The molecule has 5 unspecified atom stereocenters. The van der Waals surface area contributed by atoms with Crippen LogP contribution in [0.1, 0.15) is 81.7 Å².